The Morgan fingerprint density at radius 3 is 2.72 bits per heavy atom. The zero-order valence-corrected chi connectivity index (χ0v) is 13.6. The second-order valence-corrected chi connectivity index (χ2v) is 5.73. The summed E-state index contributed by atoms with van der Waals surface area (Å²) in [6.07, 6.45) is 6.44. The van der Waals surface area contributed by atoms with Crippen molar-refractivity contribution in [1.29, 1.82) is 0 Å². The first-order valence-corrected chi connectivity index (χ1v) is 7.94. The van der Waals surface area contributed by atoms with Gasteiger partial charge in [-0.2, -0.15) is 0 Å². The zero-order chi connectivity index (χ0) is 17.6. The van der Waals surface area contributed by atoms with Crippen molar-refractivity contribution in [3.8, 4) is 0 Å². The van der Waals surface area contributed by atoms with Crippen LogP contribution in [0.1, 0.15) is 11.3 Å². The minimum atomic E-state index is -0.610. The average Bonchev–Trinajstić information content (AvgIpc) is 3.11. The summed E-state index contributed by atoms with van der Waals surface area (Å²) < 4.78 is 5.00. The molecule has 0 unspecified atom stereocenters. The number of piperazine rings is 1. The molecule has 0 aliphatic carbocycles. The molecule has 8 nitrogen and oxygen atoms in total. The van der Waals surface area contributed by atoms with E-state index < -0.39 is 4.92 Å². The molecule has 8 heteroatoms. The summed E-state index contributed by atoms with van der Waals surface area (Å²) in [7, 11) is 0. The Balaban J connectivity index is 1.49. The number of amides is 1. The number of hydrogen-bond donors (Lipinski definition) is 0. The molecule has 25 heavy (non-hydrogen) atoms. The van der Waals surface area contributed by atoms with E-state index in [4.69, 9.17) is 4.42 Å². The van der Waals surface area contributed by atoms with E-state index in [1.54, 1.807) is 11.1 Å². The van der Waals surface area contributed by atoms with Crippen LogP contribution in [-0.4, -0.2) is 51.8 Å². The van der Waals surface area contributed by atoms with Gasteiger partial charge in [0, 0.05) is 51.2 Å². The first kappa shape index (κ1) is 16.8. The molecule has 0 bridgehead atoms. The van der Waals surface area contributed by atoms with Gasteiger partial charge in [0.1, 0.15) is 10.7 Å². The minimum Gasteiger partial charge on any atom is -0.401 e. The fourth-order valence-electron chi connectivity index (χ4n) is 2.66. The van der Waals surface area contributed by atoms with Crippen LogP contribution in [0.15, 0.2) is 47.2 Å². The molecule has 130 valence electrons. The number of carbonyl (C=O) groups is 1. The molecule has 0 aromatic carbocycles. The van der Waals surface area contributed by atoms with Crippen molar-refractivity contribution in [2.45, 2.75) is 6.54 Å². The van der Waals surface area contributed by atoms with Gasteiger partial charge in [0.2, 0.25) is 5.91 Å². The summed E-state index contributed by atoms with van der Waals surface area (Å²) in [5, 5.41) is 10.6. The normalized spacial score (nSPS) is 15.6. The van der Waals surface area contributed by atoms with Crippen molar-refractivity contribution in [3.05, 3.63) is 64.2 Å². The molecule has 0 atom stereocenters. The quantitative estimate of drug-likeness (QED) is 0.468. The SMILES string of the molecule is O=C(/C=C/c1ccc([N+](=O)[O-])o1)N1CCN(Cc2cccnc2)CC1. The molecule has 3 rings (SSSR count). The summed E-state index contributed by atoms with van der Waals surface area (Å²) in [6, 6.07) is 6.68. The lowest BCUT2D eigenvalue weighted by Crippen LogP contribution is -2.47. The molecule has 1 fully saturated rings. The van der Waals surface area contributed by atoms with Crippen LogP contribution in [0, 0.1) is 10.1 Å². The molecule has 1 aliphatic heterocycles. The third kappa shape index (κ3) is 4.51. The van der Waals surface area contributed by atoms with E-state index >= 15 is 0 Å². The Bertz CT molecular complexity index is 764. The minimum absolute atomic E-state index is 0.125. The van der Waals surface area contributed by atoms with Crippen LogP contribution in [0.5, 0.6) is 0 Å². The van der Waals surface area contributed by atoms with Crippen molar-refractivity contribution in [2.24, 2.45) is 0 Å². The average molecular weight is 342 g/mol. The lowest BCUT2D eigenvalue weighted by Gasteiger charge is -2.34. The topological polar surface area (TPSA) is 92.7 Å². The van der Waals surface area contributed by atoms with E-state index in [1.807, 2.05) is 18.3 Å². The highest BCUT2D eigenvalue weighted by Gasteiger charge is 2.20. The number of hydrogen-bond acceptors (Lipinski definition) is 6. The molecule has 0 radical (unpaired) electrons. The first-order chi connectivity index (χ1) is 12.1. The summed E-state index contributed by atoms with van der Waals surface area (Å²) >= 11 is 0. The largest absolute Gasteiger partial charge is 0.433 e. The van der Waals surface area contributed by atoms with E-state index in [0.29, 0.717) is 13.1 Å². The van der Waals surface area contributed by atoms with Crippen molar-refractivity contribution in [1.82, 2.24) is 14.8 Å². The van der Waals surface area contributed by atoms with Crippen LogP contribution >= 0.6 is 0 Å². The number of pyridine rings is 1. The Labute approximate surface area is 144 Å². The van der Waals surface area contributed by atoms with Gasteiger partial charge in [-0.3, -0.25) is 24.8 Å². The molecule has 1 saturated heterocycles. The third-order valence-corrected chi connectivity index (χ3v) is 4.00. The maximum absolute atomic E-state index is 12.2. The van der Waals surface area contributed by atoms with Gasteiger partial charge in [-0.15, -0.1) is 0 Å². The van der Waals surface area contributed by atoms with Crippen molar-refractivity contribution < 1.29 is 14.1 Å². The second-order valence-electron chi connectivity index (χ2n) is 5.73. The Morgan fingerprint density at radius 2 is 2.08 bits per heavy atom. The van der Waals surface area contributed by atoms with Gasteiger partial charge in [0.05, 0.1) is 6.07 Å². The van der Waals surface area contributed by atoms with Gasteiger partial charge >= 0.3 is 5.88 Å². The molecule has 0 N–H and O–H groups in total. The van der Waals surface area contributed by atoms with E-state index in [1.165, 1.54) is 24.3 Å². The fourth-order valence-corrected chi connectivity index (χ4v) is 2.66. The third-order valence-electron chi connectivity index (χ3n) is 4.00. The van der Waals surface area contributed by atoms with Crippen LogP contribution in [0.3, 0.4) is 0 Å². The van der Waals surface area contributed by atoms with Gasteiger partial charge in [-0.1, -0.05) is 6.07 Å². The van der Waals surface area contributed by atoms with Crippen LogP contribution in [0.2, 0.25) is 0 Å². The van der Waals surface area contributed by atoms with E-state index in [0.717, 1.165) is 25.2 Å². The van der Waals surface area contributed by atoms with Gasteiger partial charge in [-0.05, 0) is 23.8 Å². The van der Waals surface area contributed by atoms with E-state index in [9.17, 15) is 14.9 Å². The molecule has 2 aromatic heterocycles. The number of nitrogens with zero attached hydrogens (tertiary/aromatic N) is 4. The number of aromatic nitrogens is 1. The predicted molar refractivity (Wildman–Crippen MR) is 90.5 cm³/mol. The Kier molecular flexibility index (Phi) is 5.20. The standard InChI is InChI=1S/C17H18N4O4/c22-16(5-3-15-4-6-17(25-15)21(23)24)20-10-8-19(9-11-20)13-14-2-1-7-18-12-14/h1-7,12H,8-11,13H2/b5-3+. The second kappa shape index (κ2) is 7.71. The Morgan fingerprint density at radius 1 is 1.28 bits per heavy atom. The molecule has 3 heterocycles. The lowest BCUT2D eigenvalue weighted by atomic mass is 10.2. The highest BCUT2D eigenvalue weighted by Crippen LogP contribution is 2.17. The van der Waals surface area contributed by atoms with Gasteiger partial charge < -0.3 is 9.32 Å². The summed E-state index contributed by atoms with van der Waals surface area (Å²) in [5.74, 6) is -0.175. The zero-order valence-electron chi connectivity index (χ0n) is 13.6. The van der Waals surface area contributed by atoms with Crippen LogP contribution in [-0.2, 0) is 11.3 Å². The predicted octanol–water partition coefficient (Wildman–Crippen LogP) is 1.94. The molecule has 0 spiro atoms. The number of furan rings is 1. The fraction of sp³-hybridized carbons (Fsp3) is 0.294. The first-order valence-electron chi connectivity index (χ1n) is 7.94. The Hall–Kier alpha value is -3.00. The van der Waals surface area contributed by atoms with E-state index in [-0.39, 0.29) is 17.6 Å². The summed E-state index contributed by atoms with van der Waals surface area (Å²) in [4.78, 5) is 30.3. The maximum Gasteiger partial charge on any atom is 0.433 e. The molecule has 1 aliphatic rings. The molecule has 1 amide bonds. The van der Waals surface area contributed by atoms with Crippen LogP contribution in [0.4, 0.5) is 5.88 Å². The summed E-state index contributed by atoms with van der Waals surface area (Å²) in [6.45, 7) is 3.69. The highest BCUT2D eigenvalue weighted by molar-refractivity contribution is 5.91. The van der Waals surface area contributed by atoms with Crippen molar-refractivity contribution in [2.75, 3.05) is 26.2 Å². The van der Waals surface area contributed by atoms with Crippen LogP contribution in [0.25, 0.3) is 6.08 Å². The van der Waals surface area contributed by atoms with Crippen molar-refractivity contribution in [3.63, 3.8) is 0 Å². The monoisotopic (exact) mass is 342 g/mol. The summed E-state index contributed by atoms with van der Waals surface area (Å²) in [5.41, 5.74) is 1.15. The maximum atomic E-state index is 12.2. The lowest BCUT2D eigenvalue weighted by molar-refractivity contribution is -0.402. The number of carbonyl (C=O) groups excluding carboxylic acids is 1. The van der Waals surface area contributed by atoms with Gasteiger partial charge in [0.25, 0.3) is 0 Å². The van der Waals surface area contributed by atoms with E-state index in [2.05, 4.69) is 9.88 Å². The molecular weight excluding hydrogens is 324 g/mol. The highest BCUT2D eigenvalue weighted by atomic mass is 16.6. The van der Waals surface area contributed by atoms with Gasteiger partial charge in [-0.25, -0.2) is 0 Å². The molecular formula is C17H18N4O4. The number of rotatable bonds is 5. The molecule has 0 saturated carbocycles. The van der Waals surface area contributed by atoms with Crippen molar-refractivity contribution >= 4 is 17.9 Å². The van der Waals surface area contributed by atoms with Crippen LogP contribution < -0.4 is 0 Å². The van der Waals surface area contributed by atoms with Gasteiger partial charge in [0.15, 0.2) is 0 Å². The number of nitro groups is 1. The molecule has 2 aromatic rings. The smallest absolute Gasteiger partial charge is 0.401 e.